The van der Waals surface area contributed by atoms with Crippen molar-refractivity contribution >= 4 is 11.6 Å². The summed E-state index contributed by atoms with van der Waals surface area (Å²) in [7, 11) is 1.54. The van der Waals surface area contributed by atoms with Gasteiger partial charge in [0.15, 0.2) is 0 Å². The van der Waals surface area contributed by atoms with Gasteiger partial charge in [0.1, 0.15) is 0 Å². The van der Waals surface area contributed by atoms with Crippen LogP contribution in [0.4, 0.5) is 5.69 Å². The van der Waals surface area contributed by atoms with Crippen LogP contribution in [0.3, 0.4) is 0 Å². The summed E-state index contributed by atoms with van der Waals surface area (Å²) < 4.78 is 4.93. The fourth-order valence-corrected chi connectivity index (χ4v) is 1.28. The second-order valence-electron chi connectivity index (χ2n) is 3.28. The highest BCUT2D eigenvalue weighted by atomic mass is 16.5. The first kappa shape index (κ1) is 11.1. The molecular weight excluding hydrogens is 218 g/mol. The maximum atomic E-state index is 11.8. The van der Waals surface area contributed by atoms with Gasteiger partial charge in [-0.2, -0.15) is 0 Å². The molecule has 5 heteroatoms. The lowest BCUT2D eigenvalue weighted by molar-refractivity contribution is 0.102. The zero-order chi connectivity index (χ0) is 12.1. The predicted octanol–water partition coefficient (Wildman–Crippen LogP) is 1.74. The molecule has 0 aliphatic heterocycles. The molecule has 86 valence electrons. The van der Waals surface area contributed by atoms with Crippen LogP contribution in [-0.2, 0) is 0 Å². The van der Waals surface area contributed by atoms with Gasteiger partial charge in [0, 0.05) is 24.0 Å². The summed E-state index contributed by atoms with van der Waals surface area (Å²) in [5, 5.41) is 2.72. The first-order valence-corrected chi connectivity index (χ1v) is 5.01. The number of hydrogen-bond acceptors (Lipinski definition) is 4. The van der Waals surface area contributed by atoms with E-state index in [4.69, 9.17) is 4.74 Å². The molecule has 0 unspecified atom stereocenters. The van der Waals surface area contributed by atoms with E-state index in [1.807, 2.05) is 0 Å². The van der Waals surface area contributed by atoms with Gasteiger partial charge in [-0.05, 0) is 18.2 Å². The van der Waals surface area contributed by atoms with Crippen molar-refractivity contribution in [2.45, 2.75) is 0 Å². The highest BCUT2D eigenvalue weighted by molar-refractivity contribution is 6.04. The number of ether oxygens (including phenoxy) is 1. The van der Waals surface area contributed by atoms with Crippen LogP contribution in [0, 0.1) is 0 Å². The Morgan fingerprint density at radius 2 is 2.00 bits per heavy atom. The molecule has 0 spiro atoms. The van der Waals surface area contributed by atoms with Crippen molar-refractivity contribution in [1.29, 1.82) is 0 Å². The molecule has 0 bridgehead atoms. The Bertz CT molecular complexity index is 497. The summed E-state index contributed by atoms with van der Waals surface area (Å²) in [5.41, 5.74) is 1.17. The van der Waals surface area contributed by atoms with Crippen molar-refractivity contribution in [3.63, 3.8) is 0 Å². The number of amides is 1. The maximum absolute atomic E-state index is 11.8. The number of nitrogens with one attached hydrogen (secondary N) is 1. The molecule has 0 saturated heterocycles. The second-order valence-corrected chi connectivity index (χ2v) is 3.28. The van der Waals surface area contributed by atoms with Crippen LogP contribution in [-0.4, -0.2) is 23.0 Å². The molecule has 0 aromatic carbocycles. The Morgan fingerprint density at radius 1 is 1.24 bits per heavy atom. The topological polar surface area (TPSA) is 64.1 Å². The van der Waals surface area contributed by atoms with Crippen molar-refractivity contribution in [2.75, 3.05) is 12.4 Å². The predicted molar refractivity (Wildman–Crippen MR) is 63.0 cm³/mol. The third-order valence-electron chi connectivity index (χ3n) is 2.15. The van der Waals surface area contributed by atoms with Crippen molar-refractivity contribution in [3.05, 3.63) is 48.4 Å². The summed E-state index contributed by atoms with van der Waals surface area (Å²) in [4.78, 5) is 19.6. The first-order chi connectivity index (χ1) is 8.29. The number of pyridine rings is 2. The van der Waals surface area contributed by atoms with Gasteiger partial charge in [-0.3, -0.25) is 9.78 Å². The van der Waals surface area contributed by atoms with E-state index >= 15 is 0 Å². The molecule has 1 N–H and O–H groups in total. The monoisotopic (exact) mass is 229 g/mol. The zero-order valence-electron chi connectivity index (χ0n) is 9.25. The molecule has 2 rings (SSSR count). The molecule has 2 heterocycles. The van der Waals surface area contributed by atoms with Gasteiger partial charge in [-0.25, -0.2) is 4.98 Å². The maximum Gasteiger partial charge on any atom is 0.255 e. The van der Waals surface area contributed by atoms with E-state index in [0.29, 0.717) is 17.1 Å². The Hall–Kier alpha value is -2.43. The second kappa shape index (κ2) is 5.07. The first-order valence-electron chi connectivity index (χ1n) is 5.01. The minimum absolute atomic E-state index is 0.195. The normalized spacial score (nSPS) is 9.71. The lowest BCUT2D eigenvalue weighted by Crippen LogP contribution is -2.11. The van der Waals surface area contributed by atoms with E-state index < -0.39 is 0 Å². The Labute approximate surface area is 98.5 Å². The lowest BCUT2D eigenvalue weighted by Gasteiger charge is -2.05. The molecule has 0 aliphatic rings. The molecule has 2 aromatic rings. The number of carbonyl (C=O) groups excluding carboxylic acids is 1. The number of nitrogens with zero attached hydrogens (tertiary/aromatic N) is 2. The van der Waals surface area contributed by atoms with E-state index in [1.54, 1.807) is 36.7 Å². The van der Waals surface area contributed by atoms with Crippen LogP contribution in [0.2, 0.25) is 0 Å². The number of methoxy groups -OCH3 is 1. The zero-order valence-corrected chi connectivity index (χ0v) is 9.25. The van der Waals surface area contributed by atoms with Crippen LogP contribution in [0.5, 0.6) is 5.88 Å². The van der Waals surface area contributed by atoms with Gasteiger partial charge in [-0.15, -0.1) is 0 Å². The molecule has 0 atom stereocenters. The number of rotatable bonds is 3. The summed E-state index contributed by atoms with van der Waals surface area (Å²) in [6.07, 6.45) is 4.68. The number of aromatic nitrogens is 2. The standard InChI is InChI=1S/C12H11N3O2/c1-17-11-3-2-10(8-14-11)15-12(16)9-4-6-13-7-5-9/h2-8H,1H3,(H,15,16). The average molecular weight is 229 g/mol. The third kappa shape index (κ3) is 2.78. The molecule has 0 saturated carbocycles. The van der Waals surface area contributed by atoms with E-state index in [1.165, 1.54) is 13.3 Å². The number of anilines is 1. The van der Waals surface area contributed by atoms with Gasteiger partial charge < -0.3 is 10.1 Å². The molecule has 2 aromatic heterocycles. The minimum atomic E-state index is -0.195. The SMILES string of the molecule is COc1ccc(NC(=O)c2ccncc2)cn1. The quantitative estimate of drug-likeness (QED) is 0.870. The Balaban J connectivity index is 2.08. The van der Waals surface area contributed by atoms with E-state index in [9.17, 15) is 4.79 Å². The lowest BCUT2D eigenvalue weighted by atomic mass is 10.2. The van der Waals surface area contributed by atoms with Crippen LogP contribution in [0.1, 0.15) is 10.4 Å². The van der Waals surface area contributed by atoms with Crippen molar-refractivity contribution < 1.29 is 9.53 Å². The largest absolute Gasteiger partial charge is 0.481 e. The van der Waals surface area contributed by atoms with Crippen LogP contribution in [0.25, 0.3) is 0 Å². The molecular formula is C12H11N3O2. The number of carbonyl (C=O) groups is 1. The minimum Gasteiger partial charge on any atom is -0.481 e. The smallest absolute Gasteiger partial charge is 0.255 e. The molecule has 0 fully saturated rings. The van der Waals surface area contributed by atoms with E-state index in [2.05, 4.69) is 15.3 Å². The molecule has 5 nitrogen and oxygen atoms in total. The summed E-state index contributed by atoms with van der Waals surface area (Å²) >= 11 is 0. The molecule has 0 radical (unpaired) electrons. The molecule has 17 heavy (non-hydrogen) atoms. The fraction of sp³-hybridized carbons (Fsp3) is 0.0833. The summed E-state index contributed by atoms with van der Waals surface area (Å²) in [6, 6.07) is 6.70. The molecule has 1 amide bonds. The van der Waals surface area contributed by atoms with Gasteiger partial charge in [-0.1, -0.05) is 0 Å². The van der Waals surface area contributed by atoms with Gasteiger partial charge in [0.25, 0.3) is 5.91 Å². The third-order valence-corrected chi connectivity index (χ3v) is 2.15. The van der Waals surface area contributed by atoms with Gasteiger partial charge >= 0.3 is 0 Å². The van der Waals surface area contributed by atoms with E-state index in [-0.39, 0.29) is 5.91 Å². The van der Waals surface area contributed by atoms with E-state index in [0.717, 1.165) is 0 Å². The summed E-state index contributed by atoms with van der Waals surface area (Å²) in [5.74, 6) is 0.311. The van der Waals surface area contributed by atoms with Crippen LogP contribution >= 0.6 is 0 Å². The fourth-order valence-electron chi connectivity index (χ4n) is 1.28. The van der Waals surface area contributed by atoms with Crippen LogP contribution < -0.4 is 10.1 Å². The van der Waals surface area contributed by atoms with Crippen LogP contribution in [0.15, 0.2) is 42.9 Å². The molecule has 0 aliphatic carbocycles. The highest BCUT2D eigenvalue weighted by Crippen LogP contribution is 2.12. The van der Waals surface area contributed by atoms with Crippen molar-refractivity contribution in [2.24, 2.45) is 0 Å². The summed E-state index contributed by atoms with van der Waals surface area (Å²) in [6.45, 7) is 0. The van der Waals surface area contributed by atoms with Gasteiger partial charge in [0.2, 0.25) is 5.88 Å². The average Bonchev–Trinajstić information content (AvgIpc) is 2.40. The van der Waals surface area contributed by atoms with Crippen molar-refractivity contribution in [1.82, 2.24) is 9.97 Å². The van der Waals surface area contributed by atoms with Gasteiger partial charge in [0.05, 0.1) is 19.0 Å². The van der Waals surface area contributed by atoms with Crippen molar-refractivity contribution in [3.8, 4) is 5.88 Å². The number of hydrogen-bond donors (Lipinski definition) is 1. The highest BCUT2D eigenvalue weighted by Gasteiger charge is 2.05. The Kier molecular flexibility index (Phi) is 3.30. The Morgan fingerprint density at radius 3 is 2.59 bits per heavy atom.